The number of fused-ring (bicyclic) bond motifs is 1. The summed E-state index contributed by atoms with van der Waals surface area (Å²) < 4.78 is 1.78. The molecule has 0 bridgehead atoms. The first-order chi connectivity index (χ1) is 10.8. The second-order valence-corrected chi connectivity index (χ2v) is 5.43. The smallest absolute Gasteiger partial charge is 0.222 e. The third-order valence-electron chi connectivity index (χ3n) is 3.80. The maximum atomic E-state index is 4.58. The maximum Gasteiger partial charge on any atom is 0.222 e. The van der Waals surface area contributed by atoms with Crippen molar-refractivity contribution in [3.05, 3.63) is 36.4 Å². The minimum Gasteiger partial charge on any atom is -0.354 e. The predicted molar refractivity (Wildman–Crippen MR) is 81.7 cm³/mol. The molecular formula is C14H16N8. The van der Waals surface area contributed by atoms with Crippen LogP contribution in [0.5, 0.6) is 0 Å². The average Bonchev–Trinajstić information content (AvgIpc) is 2.88. The van der Waals surface area contributed by atoms with Gasteiger partial charge in [0.2, 0.25) is 5.95 Å². The lowest BCUT2D eigenvalue weighted by molar-refractivity contribution is 0.424. The molecule has 3 aromatic rings. The lowest BCUT2D eigenvalue weighted by Gasteiger charge is -2.40. The molecule has 8 heteroatoms. The molecule has 112 valence electrons. The highest BCUT2D eigenvalue weighted by Crippen LogP contribution is 2.23. The lowest BCUT2D eigenvalue weighted by atomic mass is 10.0. The van der Waals surface area contributed by atoms with Gasteiger partial charge in [-0.1, -0.05) is 0 Å². The summed E-state index contributed by atoms with van der Waals surface area (Å²) in [5.41, 5.74) is 0.779. The molecule has 1 fully saturated rings. The quantitative estimate of drug-likeness (QED) is 0.761. The van der Waals surface area contributed by atoms with E-state index < -0.39 is 0 Å². The molecule has 1 aliphatic rings. The van der Waals surface area contributed by atoms with E-state index in [1.807, 2.05) is 25.1 Å². The highest BCUT2D eigenvalue weighted by atomic mass is 15.4. The zero-order valence-corrected chi connectivity index (χ0v) is 12.2. The molecule has 0 aromatic carbocycles. The lowest BCUT2D eigenvalue weighted by Crippen LogP contribution is -2.50. The molecule has 0 spiro atoms. The molecule has 4 heterocycles. The molecule has 0 aliphatic carbocycles. The fourth-order valence-corrected chi connectivity index (χ4v) is 2.57. The van der Waals surface area contributed by atoms with Gasteiger partial charge in [0.1, 0.15) is 5.82 Å². The summed E-state index contributed by atoms with van der Waals surface area (Å²) in [5.74, 6) is 3.02. The summed E-state index contributed by atoms with van der Waals surface area (Å²) in [7, 11) is 0. The zero-order valence-electron chi connectivity index (χ0n) is 12.2. The second-order valence-electron chi connectivity index (χ2n) is 5.43. The van der Waals surface area contributed by atoms with Gasteiger partial charge in [-0.15, -0.1) is 15.3 Å². The van der Waals surface area contributed by atoms with E-state index >= 15 is 0 Å². The second kappa shape index (κ2) is 5.21. The van der Waals surface area contributed by atoms with Crippen LogP contribution in [0.3, 0.4) is 0 Å². The molecule has 1 saturated heterocycles. The largest absolute Gasteiger partial charge is 0.354 e. The van der Waals surface area contributed by atoms with Crippen molar-refractivity contribution in [3.8, 4) is 0 Å². The van der Waals surface area contributed by atoms with Crippen LogP contribution >= 0.6 is 0 Å². The number of nitrogens with one attached hydrogen (secondary N) is 1. The molecule has 1 aliphatic heterocycles. The summed E-state index contributed by atoms with van der Waals surface area (Å²) in [6, 6.07) is 5.75. The fourth-order valence-electron chi connectivity index (χ4n) is 2.57. The number of hydrogen-bond acceptors (Lipinski definition) is 7. The Kier molecular flexibility index (Phi) is 3.06. The summed E-state index contributed by atoms with van der Waals surface area (Å²) in [6.07, 6.45) is 3.48. The van der Waals surface area contributed by atoms with E-state index in [-0.39, 0.29) is 0 Å². The van der Waals surface area contributed by atoms with Gasteiger partial charge in [-0.3, -0.25) is 0 Å². The molecule has 22 heavy (non-hydrogen) atoms. The van der Waals surface area contributed by atoms with Crippen molar-refractivity contribution in [1.29, 1.82) is 0 Å². The van der Waals surface area contributed by atoms with Gasteiger partial charge < -0.3 is 10.2 Å². The first kappa shape index (κ1) is 12.9. The highest BCUT2D eigenvalue weighted by Gasteiger charge is 2.28. The van der Waals surface area contributed by atoms with Crippen LogP contribution < -0.4 is 10.2 Å². The molecular weight excluding hydrogens is 280 g/mol. The van der Waals surface area contributed by atoms with Crippen molar-refractivity contribution in [2.45, 2.75) is 6.92 Å². The zero-order chi connectivity index (χ0) is 14.9. The van der Waals surface area contributed by atoms with E-state index in [0.717, 1.165) is 36.9 Å². The normalized spacial score (nSPS) is 15.0. The number of aryl methyl sites for hydroxylation is 1. The first-order valence-corrected chi connectivity index (χ1v) is 7.24. The predicted octanol–water partition coefficient (Wildman–Crippen LogP) is 0.771. The molecule has 0 saturated carbocycles. The van der Waals surface area contributed by atoms with E-state index in [1.54, 1.807) is 16.9 Å². The Morgan fingerprint density at radius 2 is 2.00 bits per heavy atom. The molecule has 4 rings (SSSR count). The van der Waals surface area contributed by atoms with Crippen molar-refractivity contribution < 1.29 is 0 Å². The van der Waals surface area contributed by atoms with Gasteiger partial charge in [0.25, 0.3) is 0 Å². The molecule has 0 radical (unpaired) electrons. The molecule has 8 nitrogen and oxygen atoms in total. The van der Waals surface area contributed by atoms with Crippen molar-refractivity contribution in [1.82, 2.24) is 29.8 Å². The van der Waals surface area contributed by atoms with Gasteiger partial charge >= 0.3 is 0 Å². The number of nitrogens with zero attached hydrogens (tertiary/aromatic N) is 7. The van der Waals surface area contributed by atoms with Crippen LogP contribution in [0.25, 0.3) is 5.65 Å². The fraction of sp³-hybridized carbons (Fsp3) is 0.357. The Hall–Kier alpha value is -2.77. The van der Waals surface area contributed by atoms with Gasteiger partial charge in [-0.05, 0) is 25.1 Å². The Bertz CT molecular complexity index is 778. The molecule has 3 aromatic heterocycles. The van der Waals surface area contributed by atoms with Crippen LogP contribution in [0.15, 0.2) is 30.6 Å². The molecule has 0 unspecified atom stereocenters. The molecule has 0 atom stereocenters. The number of anilines is 2. The van der Waals surface area contributed by atoms with Crippen molar-refractivity contribution >= 4 is 17.4 Å². The highest BCUT2D eigenvalue weighted by molar-refractivity contribution is 5.47. The number of rotatable bonds is 4. The monoisotopic (exact) mass is 296 g/mol. The van der Waals surface area contributed by atoms with Crippen molar-refractivity contribution in [2.24, 2.45) is 5.92 Å². The minimum atomic E-state index is 0.573. The summed E-state index contributed by atoms with van der Waals surface area (Å²) in [4.78, 5) is 10.6. The van der Waals surface area contributed by atoms with Gasteiger partial charge in [0.05, 0.1) is 0 Å². The molecule has 0 amide bonds. The van der Waals surface area contributed by atoms with E-state index in [2.05, 4.69) is 35.5 Å². The van der Waals surface area contributed by atoms with Crippen LogP contribution in [0.4, 0.5) is 11.8 Å². The van der Waals surface area contributed by atoms with E-state index in [9.17, 15) is 0 Å². The Morgan fingerprint density at radius 1 is 1.18 bits per heavy atom. The maximum absolute atomic E-state index is 4.58. The van der Waals surface area contributed by atoms with Crippen molar-refractivity contribution in [3.63, 3.8) is 0 Å². The minimum absolute atomic E-state index is 0.573. The number of aromatic nitrogens is 6. The Morgan fingerprint density at radius 3 is 2.82 bits per heavy atom. The van der Waals surface area contributed by atoms with Crippen LogP contribution in [0.1, 0.15) is 5.82 Å². The first-order valence-electron chi connectivity index (χ1n) is 7.24. The van der Waals surface area contributed by atoms with Crippen molar-refractivity contribution in [2.75, 3.05) is 29.9 Å². The van der Waals surface area contributed by atoms with Gasteiger partial charge in [-0.25, -0.2) is 9.97 Å². The van der Waals surface area contributed by atoms with E-state index in [4.69, 9.17) is 0 Å². The number of hydrogen-bond donors (Lipinski definition) is 1. The standard InChI is InChI=1S/C14H16N8/c1-10-18-19-12-3-4-13(20-22(10)12)21-8-11(9-21)7-17-14-15-5-2-6-16-14/h2-6,11H,7-9H2,1H3,(H,15,16,17). The summed E-state index contributed by atoms with van der Waals surface area (Å²) in [5, 5.41) is 15.9. The van der Waals surface area contributed by atoms with Gasteiger partial charge in [0, 0.05) is 37.9 Å². The SMILES string of the molecule is Cc1nnc2ccc(N3CC(CNc4ncccn4)C3)nn12. The Balaban J connectivity index is 1.37. The third kappa shape index (κ3) is 2.32. The topological polar surface area (TPSA) is 84.1 Å². The van der Waals surface area contributed by atoms with E-state index in [0.29, 0.717) is 11.9 Å². The van der Waals surface area contributed by atoms with E-state index in [1.165, 1.54) is 0 Å². The average molecular weight is 296 g/mol. The van der Waals surface area contributed by atoms with Crippen LogP contribution in [0, 0.1) is 12.8 Å². The third-order valence-corrected chi connectivity index (χ3v) is 3.80. The van der Waals surface area contributed by atoms with Crippen LogP contribution in [-0.2, 0) is 0 Å². The van der Waals surface area contributed by atoms with Gasteiger partial charge in [-0.2, -0.15) is 4.52 Å². The van der Waals surface area contributed by atoms with Gasteiger partial charge in [0.15, 0.2) is 11.5 Å². The summed E-state index contributed by atoms with van der Waals surface area (Å²) in [6.45, 7) is 4.72. The summed E-state index contributed by atoms with van der Waals surface area (Å²) >= 11 is 0. The molecule has 1 N–H and O–H groups in total. The Labute approximate surface area is 127 Å². The van der Waals surface area contributed by atoms with Crippen LogP contribution in [-0.4, -0.2) is 49.4 Å². The van der Waals surface area contributed by atoms with Crippen LogP contribution in [0.2, 0.25) is 0 Å².